The SMILES string of the molecule is CCOCC(C)Nc1ncnc(NN)c1Br. The molecule has 0 aromatic carbocycles. The first-order valence-corrected chi connectivity index (χ1v) is 5.79. The highest BCUT2D eigenvalue weighted by Gasteiger charge is 2.10. The second-order valence-corrected chi connectivity index (χ2v) is 4.03. The average Bonchev–Trinajstić information content (AvgIpc) is 2.29. The Kier molecular flexibility index (Phi) is 5.44. The van der Waals surface area contributed by atoms with Crippen molar-refractivity contribution in [3.8, 4) is 0 Å². The fourth-order valence-corrected chi connectivity index (χ4v) is 1.57. The number of anilines is 2. The van der Waals surface area contributed by atoms with Crippen LogP contribution in [0.15, 0.2) is 10.8 Å². The number of nitrogens with zero attached hydrogens (tertiary/aromatic N) is 2. The van der Waals surface area contributed by atoms with Crippen molar-refractivity contribution in [1.82, 2.24) is 9.97 Å². The number of hydrazine groups is 1. The van der Waals surface area contributed by atoms with Crippen molar-refractivity contribution >= 4 is 27.6 Å². The number of hydrogen-bond donors (Lipinski definition) is 3. The van der Waals surface area contributed by atoms with Gasteiger partial charge in [-0.1, -0.05) is 0 Å². The van der Waals surface area contributed by atoms with E-state index in [1.807, 2.05) is 13.8 Å². The molecule has 0 amide bonds. The first kappa shape index (κ1) is 13.1. The van der Waals surface area contributed by atoms with Crippen LogP contribution in [0.4, 0.5) is 11.6 Å². The van der Waals surface area contributed by atoms with Gasteiger partial charge in [-0.25, -0.2) is 15.8 Å². The maximum absolute atomic E-state index is 5.31. The van der Waals surface area contributed by atoms with Crippen LogP contribution in [0.3, 0.4) is 0 Å². The van der Waals surface area contributed by atoms with Crippen molar-refractivity contribution in [2.45, 2.75) is 19.9 Å². The maximum Gasteiger partial charge on any atom is 0.159 e. The Bertz CT molecular complexity index is 336. The summed E-state index contributed by atoms with van der Waals surface area (Å²) in [6.45, 7) is 5.30. The van der Waals surface area contributed by atoms with Gasteiger partial charge in [0.25, 0.3) is 0 Å². The summed E-state index contributed by atoms with van der Waals surface area (Å²) in [4.78, 5) is 8.08. The van der Waals surface area contributed by atoms with E-state index in [1.165, 1.54) is 6.33 Å². The van der Waals surface area contributed by atoms with Gasteiger partial charge in [0.2, 0.25) is 0 Å². The normalized spacial score (nSPS) is 12.2. The summed E-state index contributed by atoms with van der Waals surface area (Å²) in [7, 11) is 0. The monoisotopic (exact) mass is 289 g/mol. The van der Waals surface area contributed by atoms with Gasteiger partial charge >= 0.3 is 0 Å². The Balaban J connectivity index is 2.66. The molecule has 0 bridgehead atoms. The summed E-state index contributed by atoms with van der Waals surface area (Å²) < 4.78 is 6.01. The summed E-state index contributed by atoms with van der Waals surface area (Å²) in [5.74, 6) is 6.54. The Morgan fingerprint density at radius 1 is 1.50 bits per heavy atom. The van der Waals surface area contributed by atoms with Crippen LogP contribution in [0.25, 0.3) is 0 Å². The van der Waals surface area contributed by atoms with E-state index in [-0.39, 0.29) is 6.04 Å². The van der Waals surface area contributed by atoms with E-state index in [1.54, 1.807) is 0 Å². The maximum atomic E-state index is 5.31. The summed E-state index contributed by atoms with van der Waals surface area (Å²) >= 11 is 3.37. The quantitative estimate of drug-likeness (QED) is 0.542. The molecule has 0 saturated carbocycles. The zero-order valence-corrected chi connectivity index (χ0v) is 10.9. The fraction of sp³-hybridized carbons (Fsp3) is 0.556. The van der Waals surface area contributed by atoms with E-state index in [0.717, 1.165) is 0 Å². The Hall–Kier alpha value is -0.920. The topological polar surface area (TPSA) is 85.1 Å². The minimum atomic E-state index is 0.164. The third-order valence-corrected chi connectivity index (χ3v) is 2.63. The molecule has 4 N–H and O–H groups in total. The number of ether oxygens (including phenoxy) is 1. The zero-order chi connectivity index (χ0) is 12.0. The standard InChI is InChI=1S/C9H16BrN5O/c1-3-16-4-6(2)14-8-7(10)9(15-11)13-5-12-8/h5-6H,3-4,11H2,1-2H3,(H2,12,13,14,15). The Morgan fingerprint density at radius 3 is 2.81 bits per heavy atom. The van der Waals surface area contributed by atoms with Crippen LogP contribution in [0.5, 0.6) is 0 Å². The molecule has 7 heteroatoms. The summed E-state index contributed by atoms with van der Waals surface area (Å²) in [5.41, 5.74) is 2.48. The largest absolute Gasteiger partial charge is 0.380 e. The van der Waals surface area contributed by atoms with Gasteiger partial charge in [-0.3, -0.25) is 0 Å². The summed E-state index contributed by atoms with van der Waals surface area (Å²) in [6.07, 6.45) is 1.44. The van der Waals surface area contributed by atoms with Gasteiger partial charge < -0.3 is 15.5 Å². The van der Waals surface area contributed by atoms with Crippen molar-refractivity contribution < 1.29 is 4.74 Å². The molecule has 16 heavy (non-hydrogen) atoms. The smallest absolute Gasteiger partial charge is 0.159 e. The second-order valence-electron chi connectivity index (χ2n) is 3.23. The molecule has 0 saturated heterocycles. The van der Waals surface area contributed by atoms with Crippen LogP contribution in [0, 0.1) is 0 Å². The number of halogens is 1. The number of nitrogens with two attached hydrogens (primary N) is 1. The van der Waals surface area contributed by atoms with Crippen molar-refractivity contribution in [3.63, 3.8) is 0 Å². The number of hydrogen-bond acceptors (Lipinski definition) is 6. The van der Waals surface area contributed by atoms with Gasteiger partial charge in [0, 0.05) is 12.6 Å². The lowest BCUT2D eigenvalue weighted by Crippen LogP contribution is -2.23. The van der Waals surface area contributed by atoms with E-state index >= 15 is 0 Å². The van der Waals surface area contributed by atoms with Crippen LogP contribution >= 0.6 is 15.9 Å². The number of nitrogen functional groups attached to an aromatic ring is 1. The fourth-order valence-electron chi connectivity index (χ4n) is 1.14. The number of aromatic nitrogens is 2. The van der Waals surface area contributed by atoms with E-state index in [4.69, 9.17) is 10.6 Å². The van der Waals surface area contributed by atoms with E-state index in [9.17, 15) is 0 Å². The highest BCUT2D eigenvalue weighted by Crippen LogP contribution is 2.25. The lowest BCUT2D eigenvalue weighted by Gasteiger charge is -2.15. The van der Waals surface area contributed by atoms with Crippen molar-refractivity contribution in [2.24, 2.45) is 5.84 Å². The molecule has 0 spiro atoms. The molecule has 90 valence electrons. The predicted molar refractivity (Wildman–Crippen MR) is 67.1 cm³/mol. The molecule has 1 aromatic rings. The van der Waals surface area contributed by atoms with Crippen LogP contribution in [-0.4, -0.2) is 29.2 Å². The summed E-state index contributed by atoms with van der Waals surface area (Å²) in [5, 5.41) is 3.20. The van der Waals surface area contributed by atoms with E-state index in [2.05, 4.69) is 36.6 Å². The Labute approximate surface area is 103 Å². The highest BCUT2D eigenvalue weighted by molar-refractivity contribution is 9.10. The lowest BCUT2D eigenvalue weighted by molar-refractivity contribution is 0.141. The van der Waals surface area contributed by atoms with Crippen LogP contribution in [-0.2, 0) is 4.74 Å². The molecule has 0 aliphatic heterocycles. The summed E-state index contributed by atoms with van der Waals surface area (Å²) in [6, 6.07) is 0.164. The number of rotatable bonds is 6. The van der Waals surface area contributed by atoms with Crippen molar-refractivity contribution in [2.75, 3.05) is 24.0 Å². The molecule has 1 aromatic heterocycles. The molecule has 1 heterocycles. The molecule has 0 aliphatic rings. The zero-order valence-electron chi connectivity index (χ0n) is 9.33. The molecule has 0 aliphatic carbocycles. The van der Waals surface area contributed by atoms with Gasteiger partial charge in [0.05, 0.1) is 6.61 Å². The van der Waals surface area contributed by atoms with Gasteiger partial charge in [0.1, 0.15) is 16.6 Å². The Morgan fingerprint density at radius 2 is 2.19 bits per heavy atom. The van der Waals surface area contributed by atoms with Crippen molar-refractivity contribution in [3.05, 3.63) is 10.8 Å². The molecular weight excluding hydrogens is 274 g/mol. The molecule has 0 fully saturated rings. The van der Waals surface area contributed by atoms with Gasteiger partial charge in [0.15, 0.2) is 5.82 Å². The third-order valence-electron chi connectivity index (χ3n) is 1.88. The first-order valence-electron chi connectivity index (χ1n) is 5.00. The molecular formula is C9H16BrN5O. The molecule has 0 radical (unpaired) electrons. The first-order chi connectivity index (χ1) is 7.69. The van der Waals surface area contributed by atoms with Gasteiger partial charge in [-0.2, -0.15) is 0 Å². The molecule has 1 atom stereocenters. The third kappa shape index (κ3) is 3.58. The van der Waals surface area contributed by atoms with Crippen LogP contribution < -0.4 is 16.6 Å². The number of nitrogens with one attached hydrogen (secondary N) is 2. The molecule has 6 nitrogen and oxygen atoms in total. The van der Waals surface area contributed by atoms with Gasteiger partial charge in [-0.05, 0) is 29.8 Å². The minimum absolute atomic E-state index is 0.164. The molecule has 1 rings (SSSR count). The minimum Gasteiger partial charge on any atom is -0.380 e. The molecule has 1 unspecified atom stereocenters. The van der Waals surface area contributed by atoms with E-state index in [0.29, 0.717) is 29.3 Å². The average molecular weight is 290 g/mol. The second kappa shape index (κ2) is 6.62. The van der Waals surface area contributed by atoms with Crippen LogP contribution in [0.1, 0.15) is 13.8 Å². The van der Waals surface area contributed by atoms with Gasteiger partial charge in [-0.15, -0.1) is 0 Å². The van der Waals surface area contributed by atoms with Crippen molar-refractivity contribution in [1.29, 1.82) is 0 Å². The highest BCUT2D eigenvalue weighted by atomic mass is 79.9. The predicted octanol–water partition coefficient (Wildman–Crippen LogP) is 1.36. The lowest BCUT2D eigenvalue weighted by atomic mass is 10.3. The van der Waals surface area contributed by atoms with Crippen LogP contribution in [0.2, 0.25) is 0 Å². The van der Waals surface area contributed by atoms with E-state index < -0.39 is 0 Å².